The van der Waals surface area contributed by atoms with E-state index in [9.17, 15) is 24.0 Å². The monoisotopic (exact) mass is 633 g/mol. The highest BCUT2D eigenvalue weighted by molar-refractivity contribution is 6.02. The van der Waals surface area contributed by atoms with Crippen LogP contribution in [0.2, 0.25) is 0 Å². The van der Waals surface area contributed by atoms with Gasteiger partial charge in [0.2, 0.25) is 5.91 Å². The van der Waals surface area contributed by atoms with Gasteiger partial charge in [-0.2, -0.15) is 5.26 Å². The fourth-order valence-electron chi connectivity index (χ4n) is 5.07. The average molecular weight is 634 g/mol. The van der Waals surface area contributed by atoms with Crippen molar-refractivity contribution in [1.82, 2.24) is 21.3 Å². The van der Waals surface area contributed by atoms with Gasteiger partial charge in [0, 0.05) is 30.3 Å². The summed E-state index contributed by atoms with van der Waals surface area (Å²) in [4.78, 5) is 39.7. The van der Waals surface area contributed by atoms with Crippen molar-refractivity contribution in [2.45, 2.75) is 39.3 Å². The average Bonchev–Trinajstić information content (AvgIpc) is 3.07. The smallest absolute Gasteiger partial charge is 0.251 e. The predicted molar refractivity (Wildman–Crippen MR) is 181 cm³/mol. The van der Waals surface area contributed by atoms with E-state index in [0.717, 1.165) is 11.1 Å². The Kier molecular flexibility index (Phi) is 12.4. The van der Waals surface area contributed by atoms with Crippen LogP contribution in [-0.4, -0.2) is 43.4 Å². The van der Waals surface area contributed by atoms with Gasteiger partial charge in [-0.25, -0.2) is 4.39 Å². The second kappa shape index (κ2) is 16.8. The van der Waals surface area contributed by atoms with E-state index in [0.29, 0.717) is 42.1 Å². The number of rotatable bonds is 14. The molecule has 0 spiro atoms. The number of nitriles is 1. The molecule has 0 heterocycles. The van der Waals surface area contributed by atoms with Gasteiger partial charge in [0.05, 0.1) is 24.2 Å². The molecule has 0 saturated heterocycles. The van der Waals surface area contributed by atoms with Crippen LogP contribution >= 0.6 is 0 Å². The summed E-state index contributed by atoms with van der Waals surface area (Å²) >= 11 is 0. The Morgan fingerprint density at radius 1 is 0.787 bits per heavy atom. The molecular formula is C38H40FN5O3. The molecule has 1 unspecified atom stereocenters. The van der Waals surface area contributed by atoms with Crippen molar-refractivity contribution in [2.75, 3.05) is 19.6 Å². The number of nitrogens with zero attached hydrogens (tertiary/aromatic N) is 1. The van der Waals surface area contributed by atoms with E-state index in [4.69, 9.17) is 0 Å². The van der Waals surface area contributed by atoms with Crippen LogP contribution in [0.4, 0.5) is 4.39 Å². The van der Waals surface area contributed by atoms with Gasteiger partial charge in [-0.1, -0.05) is 74.5 Å². The SMILES string of the molecule is CC(C)CNC(=O)CNC[C@H](Cc1ccccc1)NC(=O)c1cc(C(=O)NC(C)c2ccc(F)cc2)cc(-c2ccccc2C#N)c1. The lowest BCUT2D eigenvalue weighted by Crippen LogP contribution is -2.46. The van der Waals surface area contributed by atoms with E-state index in [1.165, 1.54) is 18.2 Å². The molecule has 9 heteroatoms. The Morgan fingerprint density at radius 2 is 1.43 bits per heavy atom. The number of halogens is 1. The zero-order valence-electron chi connectivity index (χ0n) is 26.8. The van der Waals surface area contributed by atoms with Crippen molar-refractivity contribution in [3.8, 4) is 17.2 Å². The molecule has 0 aliphatic carbocycles. The number of nitrogens with one attached hydrogen (secondary N) is 4. The molecule has 2 atom stereocenters. The fourth-order valence-corrected chi connectivity index (χ4v) is 5.07. The molecule has 0 saturated carbocycles. The minimum absolute atomic E-state index is 0.102. The summed E-state index contributed by atoms with van der Waals surface area (Å²) in [7, 11) is 0. The predicted octanol–water partition coefficient (Wildman–Crippen LogP) is 5.56. The molecule has 0 aliphatic heterocycles. The van der Waals surface area contributed by atoms with Crippen molar-refractivity contribution in [3.05, 3.63) is 131 Å². The first kappa shape index (κ1) is 34.5. The second-order valence-corrected chi connectivity index (χ2v) is 11.9. The molecule has 8 nitrogen and oxygen atoms in total. The Balaban J connectivity index is 1.60. The molecule has 0 aromatic heterocycles. The molecule has 0 radical (unpaired) electrons. The Hall–Kier alpha value is -5.33. The van der Waals surface area contributed by atoms with Gasteiger partial charge in [0.1, 0.15) is 5.82 Å². The lowest BCUT2D eigenvalue weighted by Gasteiger charge is -2.21. The maximum absolute atomic E-state index is 13.9. The number of benzene rings is 4. The third-order valence-electron chi connectivity index (χ3n) is 7.58. The molecule has 47 heavy (non-hydrogen) atoms. The molecule has 0 fully saturated rings. The van der Waals surface area contributed by atoms with Gasteiger partial charge in [-0.15, -0.1) is 0 Å². The number of carbonyl (C=O) groups excluding carboxylic acids is 3. The first-order chi connectivity index (χ1) is 22.6. The van der Waals surface area contributed by atoms with Crippen molar-refractivity contribution >= 4 is 17.7 Å². The van der Waals surface area contributed by atoms with E-state index in [1.54, 1.807) is 55.5 Å². The molecule has 4 aromatic rings. The third kappa shape index (κ3) is 10.3. The van der Waals surface area contributed by atoms with Crippen molar-refractivity contribution < 1.29 is 18.8 Å². The highest BCUT2D eigenvalue weighted by Gasteiger charge is 2.20. The molecule has 242 valence electrons. The summed E-state index contributed by atoms with van der Waals surface area (Å²) in [6, 6.07) is 28.8. The Morgan fingerprint density at radius 3 is 2.09 bits per heavy atom. The molecule has 3 amide bonds. The summed E-state index contributed by atoms with van der Waals surface area (Å²) in [5.74, 6) is -1.01. The normalized spacial score (nSPS) is 12.1. The van der Waals surface area contributed by atoms with E-state index >= 15 is 0 Å². The molecular weight excluding hydrogens is 593 g/mol. The molecule has 4 rings (SSSR count). The zero-order chi connectivity index (χ0) is 33.8. The summed E-state index contributed by atoms with van der Waals surface area (Å²) in [6.07, 6.45) is 0.507. The fraction of sp³-hybridized carbons (Fsp3) is 0.263. The quantitative estimate of drug-likeness (QED) is 0.145. The van der Waals surface area contributed by atoms with Crippen molar-refractivity contribution in [3.63, 3.8) is 0 Å². The second-order valence-electron chi connectivity index (χ2n) is 11.9. The molecule has 4 aromatic carbocycles. The lowest BCUT2D eigenvalue weighted by molar-refractivity contribution is -0.120. The van der Waals surface area contributed by atoms with Crippen LogP contribution in [-0.2, 0) is 11.2 Å². The highest BCUT2D eigenvalue weighted by atomic mass is 19.1. The summed E-state index contributed by atoms with van der Waals surface area (Å²) in [6.45, 7) is 6.84. The topological polar surface area (TPSA) is 123 Å². The standard InChI is InChI=1S/C38H40FN5O3/c1-25(2)22-42-36(45)24-41-23-34(17-27-9-5-4-6-10-27)44-38(47)32-19-30(35-12-8-7-11-29(35)21-40)18-31(20-32)37(46)43-26(3)28-13-15-33(39)16-14-28/h4-16,18-20,25-26,34,41H,17,22-24H2,1-3H3,(H,42,45)(H,43,46)(H,44,47)/t26?,34-/m0/s1. The van der Waals surface area contributed by atoms with E-state index in [-0.39, 0.29) is 35.4 Å². The number of hydrogen-bond acceptors (Lipinski definition) is 5. The maximum Gasteiger partial charge on any atom is 0.251 e. The Labute approximate surface area is 275 Å². The minimum Gasteiger partial charge on any atom is -0.355 e. The van der Waals surface area contributed by atoms with E-state index in [1.807, 2.05) is 44.2 Å². The third-order valence-corrected chi connectivity index (χ3v) is 7.58. The zero-order valence-corrected chi connectivity index (χ0v) is 26.8. The highest BCUT2D eigenvalue weighted by Crippen LogP contribution is 2.26. The first-order valence-electron chi connectivity index (χ1n) is 15.7. The van der Waals surface area contributed by atoms with Crippen LogP contribution in [0, 0.1) is 23.1 Å². The van der Waals surface area contributed by atoms with Crippen LogP contribution in [0.1, 0.15) is 64.2 Å². The van der Waals surface area contributed by atoms with Crippen LogP contribution in [0.15, 0.2) is 97.1 Å². The van der Waals surface area contributed by atoms with Crippen LogP contribution in [0.3, 0.4) is 0 Å². The van der Waals surface area contributed by atoms with Gasteiger partial charge in [-0.3, -0.25) is 14.4 Å². The summed E-state index contributed by atoms with van der Waals surface area (Å²) in [5, 5.41) is 21.8. The molecule has 0 bridgehead atoms. The number of carbonyl (C=O) groups is 3. The van der Waals surface area contributed by atoms with Gasteiger partial charge in [0.25, 0.3) is 11.8 Å². The maximum atomic E-state index is 13.9. The molecule has 4 N–H and O–H groups in total. The van der Waals surface area contributed by atoms with Crippen LogP contribution in [0.25, 0.3) is 11.1 Å². The van der Waals surface area contributed by atoms with Gasteiger partial charge in [0.15, 0.2) is 0 Å². The first-order valence-corrected chi connectivity index (χ1v) is 15.7. The van der Waals surface area contributed by atoms with Crippen LogP contribution in [0.5, 0.6) is 0 Å². The summed E-state index contributed by atoms with van der Waals surface area (Å²) in [5.41, 5.74) is 3.72. The van der Waals surface area contributed by atoms with Gasteiger partial charge < -0.3 is 21.3 Å². The summed E-state index contributed by atoms with van der Waals surface area (Å²) < 4.78 is 13.5. The van der Waals surface area contributed by atoms with E-state index < -0.39 is 17.9 Å². The number of hydrogen-bond donors (Lipinski definition) is 4. The van der Waals surface area contributed by atoms with Crippen LogP contribution < -0.4 is 21.3 Å². The van der Waals surface area contributed by atoms with Gasteiger partial charge in [-0.05, 0) is 77.9 Å². The Bertz CT molecular complexity index is 1720. The minimum atomic E-state index is -0.436. The largest absolute Gasteiger partial charge is 0.355 e. The van der Waals surface area contributed by atoms with Crippen molar-refractivity contribution in [1.29, 1.82) is 5.26 Å². The van der Waals surface area contributed by atoms with Crippen molar-refractivity contribution in [2.24, 2.45) is 5.92 Å². The lowest BCUT2D eigenvalue weighted by atomic mass is 9.95. The van der Waals surface area contributed by atoms with E-state index in [2.05, 4.69) is 27.3 Å². The number of amides is 3. The molecule has 0 aliphatic rings. The van der Waals surface area contributed by atoms with Gasteiger partial charge >= 0.3 is 0 Å².